The molecule has 1 aromatic carbocycles. The first kappa shape index (κ1) is 9.06. The zero-order valence-corrected chi connectivity index (χ0v) is 8.07. The molecule has 1 fully saturated rings. The first-order chi connectivity index (χ1) is 6.77. The van der Waals surface area contributed by atoms with Crippen LogP contribution in [0.3, 0.4) is 0 Å². The van der Waals surface area contributed by atoms with E-state index < -0.39 is 0 Å². The molecule has 3 heteroatoms. The number of alkyl carbamates (subject to hydrolysis) is 1. The van der Waals surface area contributed by atoms with Gasteiger partial charge in [-0.05, 0) is 5.56 Å². The second-order valence-corrected chi connectivity index (χ2v) is 3.61. The largest absolute Gasteiger partial charge is 0.449 e. The van der Waals surface area contributed by atoms with Gasteiger partial charge < -0.3 is 10.1 Å². The zero-order valence-electron chi connectivity index (χ0n) is 8.07. The summed E-state index contributed by atoms with van der Waals surface area (Å²) in [4.78, 5) is 11.1. The van der Waals surface area contributed by atoms with Crippen LogP contribution in [0.2, 0.25) is 0 Å². The van der Waals surface area contributed by atoms with Crippen LogP contribution < -0.4 is 5.32 Å². The lowest BCUT2D eigenvalue weighted by Crippen LogP contribution is -2.40. The maximum Gasteiger partial charge on any atom is 0.407 e. The minimum atomic E-state index is -0.322. The van der Waals surface area contributed by atoms with Gasteiger partial charge in [0, 0.05) is 5.92 Å². The summed E-state index contributed by atoms with van der Waals surface area (Å²) in [5.74, 6) is 0.315. The van der Waals surface area contributed by atoms with Crippen molar-refractivity contribution in [3.8, 4) is 0 Å². The highest BCUT2D eigenvalue weighted by molar-refractivity contribution is 5.68. The molecule has 1 aliphatic heterocycles. The van der Waals surface area contributed by atoms with Crippen LogP contribution >= 0.6 is 0 Å². The van der Waals surface area contributed by atoms with Crippen molar-refractivity contribution in [2.75, 3.05) is 6.61 Å². The number of cyclic esters (lactones) is 1. The quantitative estimate of drug-likeness (QED) is 0.738. The molecule has 1 heterocycles. The van der Waals surface area contributed by atoms with Crippen LogP contribution in [0, 0.1) is 5.92 Å². The van der Waals surface area contributed by atoms with Crippen LogP contribution in [0.1, 0.15) is 18.5 Å². The molecule has 0 aliphatic carbocycles. The molecule has 0 radical (unpaired) electrons. The Morgan fingerprint density at radius 3 is 2.79 bits per heavy atom. The van der Waals surface area contributed by atoms with Crippen molar-refractivity contribution in [1.82, 2.24) is 5.32 Å². The summed E-state index contributed by atoms with van der Waals surface area (Å²) in [6, 6.07) is 10.0. The molecule has 0 aromatic heterocycles. The van der Waals surface area contributed by atoms with Gasteiger partial charge in [0.1, 0.15) is 0 Å². The van der Waals surface area contributed by atoms with Crippen molar-refractivity contribution < 1.29 is 9.53 Å². The molecule has 1 aliphatic rings. The molecule has 3 nitrogen and oxygen atoms in total. The number of hydrogen-bond donors (Lipinski definition) is 1. The predicted molar refractivity (Wildman–Crippen MR) is 52.8 cm³/mol. The maximum atomic E-state index is 11.1. The van der Waals surface area contributed by atoms with Gasteiger partial charge in [-0.2, -0.15) is 0 Å². The standard InChI is InChI=1S/C11H13NO2/c1-8-7-14-11(13)12-10(8)9-5-3-2-4-6-9/h2-6,8,10H,7H2,1H3,(H,12,13)/t8-,10-/m1/s1. The number of carbonyl (C=O) groups excluding carboxylic acids is 1. The highest BCUT2D eigenvalue weighted by Gasteiger charge is 2.27. The lowest BCUT2D eigenvalue weighted by Gasteiger charge is -2.29. The summed E-state index contributed by atoms with van der Waals surface area (Å²) in [6.45, 7) is 2.56. The molecule has 0 saturated carbocycles. The van der Waals surface area contributed by atoms with E-state index in [9.17, 15) is 4.79 Å². The Hall–Kier alpha value is -1.51. The molecule has 0 unspecified atom stereocenters. The van der Waals surface area contributed by atoms with Crippen molar-refractivity contribution >= 4 is 6.09 Å². The molecule has 74 valence electrons. The van der Waals surface area contributed by atoms with Gasteiger partial charge in [-0.15, -0.1) is 0 Å². The van der Waals surface area contributed by atoms with Crippen molar-refractivity contribution in [2.45, 2.75) is 13.0 Å². The van der Waals surface area contributed by atoms with Crippen LogP contribution in [0.4, 0.5) is 4.79 Å². The lowest BCUT2D eigenvalue weighted by atomic mass is 9.94. The van der Waals surface area contributed by atoms with Gasteiger partial charge in [0.2, 0.25) is 0 Å². The minimum Gasteiger partial charge on any atom is -0.449 e. The number of carbonyl (C=O) groups is 1. The fourth-order valence-corrected chi connectivity index (χ4v) is 1.69. The molecule has 2 atom stereocenters. The van der Waals surface area contributed by atoms with E-state index in [4.69, 9.17) is 4.74 Å². The Labute approximate surface area is 83.1 Å². The first-order valence-corrected chi connectivity index (χ1v) is 4.75. The summed E-state index contributed by atoms with van der Waals surface area (Å²) >= 11 is 0. The summed E-state index contributed by atoms with van der Waals surface area (Å²) < 4.78 is 4.89. The van der Waals surface area contributed by atoms with Crippen LogP contribution in [0.5, 0.6) is 0 Å². The smallest absolute Gasteiger partial charge is 0.407 e. The normalized spacial score (nSPS) is 26.5. The Bertz CT molecular complexity index is 323. The average molecular weight is 191 g/mol. The van der Waals surface area contributed by atoms with E-state index >= 15 is 0 Å². The molecule has 0 bridgehead atoms. The first-order valence-electron chi connectivity index (χ1n) is 4.75. The Balaban J connectivity index is 2.20. The van der Waals surface area contributed by atoms with E-state index in [0.717, 1.165) is 5.56 Å². The number of rotatable bonds is 1. The SMILES string of the molecule is C[C@@H]1COC(=O)N[C@H]1c1ccccc1. The lowest BCUT2D eigenvalue weighted by molar-refractivity contribution is 0.0866. The molecule has 14 heavy (non-hydrogen) atoms. The number of amides is 1. The van der Waals surface area contributed by atoms with E-state index in [1.165, 1.54) is 0 Å². The van der Waals surface area contributed by atoms with Crippen LogP contribution in [-0.4, -0.2) is 12.7 Å². The van der Waals surface area contributed by atoms with E-state index in [0.29, 0.717) is 12.5 Å². The molecular weight excluding hydrogens is 178 g/mol. The predicted octanol–water partition coefficient (Wildman–Crippen LogP) is 2.10. The second kappa shape index (κ2) is 3.70. The molecule has 1 amide bonds. The Morgan fingerprint density at radius 1 is 1.36 bits per heavy atom. The third kappa shape index (κ3) is 1.71. The number of nitrogens with one attached hydrogen (secondary N) is 1. The summed E-state index contributed by atoms with van der Waals surface area (Å²) in [5, 5.41) is 2.82. The number of benzene rings is 1. The van der Waals surface area contributed by atoms with E-state index in [2.05, 4.69) is 12.2 Å². The van der Waals surface area contributed by atoms with Gasteiger partial charge in [-0.1, -0.05) is 37.3 Å². The van der Waals surface area contributed by atoms with Crippen LogP contribution in [0.15, 0.2) is 30.3 Å². The fourth-order valence-electron chi connectivity index (χ4n) is 1.69. The molecule has 1 aromatic rings. The van der Waals surface area contributed by atoms with Gasteiger partial charge in [-0.3, -0.25) is 0 Å². The van der Waals surface area contributed by atoms with Gasteiger partial charge in [-0.25, -0.2) is 4.79 Å². The van der Waals surface area contributed by atoms with Crippen LogP contribution in [0.25, 0.3) is 0 Å². The van der Waals surface area contributed by atoms with Gasteiger partial charge in [0.25, 0.3) is 0 Å². The van der Waals surface area contributed by atoms with Crippen LogP contribution in [-0.2, 0) is 4.74 Å². The Kier molecular flexibility index (Phi) is 2.39. The zero-order chi connectivity index (χ0) is 9.97. The van der Waals surface area contributed by atoms with Crippen molar-refractivity contribution in [2.24, 2.45) is 5.92 Å². The van der Waals surface area contributed by atoms with Gasteiger partial charge in [0.05, 0.1) is 12.6 Å². The fraction of sp³-hybridized carbons (Fsp3) is 0.364. The topological polar surface area (TPSA) is 38.3 Å². The molecule has 1 saturated heterocycles. The minimum absolute atomic E-state index is 0.0810. The summed E-state index contributed by atoms with van der Waals surface area (Å²) in [6.07, 6.45) is -0.322. The molecule has 1 N–H and O–H groups in total. The third-order valence-corrected chi connectivity index (χ3v) is 2.48. The van der Waals surface area contributed by atoms with E-state index in [-0.39, 0.29) is 12.1 Å². The third-order valence-electron chi connectivity index (χ3n) is 2.48. The van der Waals surface area contributed by atoms with Crippen molar-refractivity contribution in [3.63, 3.8) is 0 Å². The average Bonchev–Trinajstić information content (AvgIpc) is 2.23. The van der Waals surface area contributed by atoms with Crippen molar-refractivity contribution in [3.05, 3.63) is 35.9 Å². The van der Waals surface area contributed by atoms with E-state index in [1.54, 1.807) is 0 Å². The molecule has 2 rings (SSSR count). The second-order valence-electron chi connectivity index (χ2n) is 3.61. The summed E-state index contributed by atoms with van der Waals surface area (Å²) in [7, 11) is 0. The molecule has 0 spiro atoms. The van der Waals surface area contributed by atoms with Crippen molar-refractivity contribution in [1.29, 1.82) is 0 Å². The Morgan fingerprint density at radius 2 is 2.07 bits per heavy atom. The summed E-state index contributed by atoms with van der Waals surface area (Å²) in [5.41, 5.74) is 1.14. The highest BCUT2D eigenvalue weighted by atomic mass is 16.6. The highest BCUT2D eigenvalue weighted by Crippen LogP contribution is 2.24. The molecular formula is C11H13NO2. The number of ether oxygens (including phenoxy) is 1. The van der Waals surface area contributed by atoms with Gasteiger partial charge >= 0.3 is 6.09 Å². The number of hydrogen-bond acceptors (Lipinski definition) is 2. The monoisotopic (exact) mass is 191 g/mol. The van der Waals surface area contributed by atoms with E-state index in [1.807, 2.05) is 30.3 Å². The maximum absolute atomic E-state index is 11.1. The van der Waals surface area contributed by atoms with Gasteiger partial charge in [0.15, 0.2) is 0 Å².